The monoisotopic (exact) mass is 546 g/mol. The first-order valence-corrected chi connectivity index (χ1v) is 16.0. The van der Waals surface area contributed by atoms with Gasteiger partial charge in [-0.15, -0.1) is 0 Å². The highest BCUT2D eigenvalue weighted by Crippen LogP contribution is 2.48. The largest absolute Gasteiger partial charge is 0.496 e. The van der Waals surface area contributed by atoms with E-state index in [0.29, 0.717) is 17.8 Å². The van der Waals surface area contributed by atoms with Gasteiger partial charge in [0.15, 0.2) is 0 Å². The second-order valence-corrected chi connectivity index (χ2v) is 14.2. The van der Waals surface area contributed by atoms with Gasteiger partial charge < -0.3 is 14.0 Å². The van der Waals surface area contributed by atoms with Crippen molar-refractivity contribution in [3.05, 3.63) is 87.5 Å². The summed E-state index contributed by atoms with van der Waals surface area (Å²) in [4.78, 5) is 0. The van der Waals surface area contributed by atoms with Crippen molar-refractivity contribution in [1.29, 1.82) is 0 Å². The Balaban J connectivity index is 1.93. The third-order valence-corrected chi connectivity index (χ3v) is 11.3. The molecule has 0 spiro atoms. The number of hydrogen-bond acceptors (Lipinski definition) is 3. The summed E-state index contributed by atoms with van der Waals surface area (Å²) in [6, 6.07) is 17.5. The molecular weight excluding hydrogens is 499 g/mol. The molecule has 0 N–H and O–H groups in total. The summed E-state index contributed by atoms with van der Waals surface area (Å²) in [7, 11) is 1.43. The lowest BCUT2D eigenvalue weighted by Crippen LogP contribution is -2.32. The van der Waals surface area contributed by atoms with Crippen molar-refractivity contribution in [1.82, 2.24) is 0 Å². The molecule has 3 nitrogen and oxygen atoms in total. The molecule has 210 valence electrons. The van der Waals surface area contributed by atoms with E-state index in [1.165, 1.54) is 24.0 Å². The zero-order valence-electron chi connectivity index (χ0n) is 25.4. The van der Waals surface area contributed by atoms with E-state index in [4.69, 9.17) is 9.47 Å². The van der Waals surface area contributed by atoms with Crippen LogP contribution in [0.4, 0.5) is 0 Å². The average Bonchev–Trinajstić information content (AvgIpc) is 2.88. The highest BCUT2D eigenvalue weighted by atomic mass is 31.1. The van der Waals surface area contributed by atoms with Gasteiger partial charge >= 0.3 is 0 Å². The van der Waals surface area contributed by atoms with Gasteiger partial charge in [-0.05, 0) is 97.2 Å². The Hall–Kier alpha value is -2.51. The smallest absolute Gasteiger partial charge is 0.124 e. The molecule has 3 aromatic rings. The molecule has 0 aromatic heterocycles. The van der Waals surface area contributed by atoms with Gasteiger partial charge in [-0.2, -0.15) is 0 Å². The molecule has 4 atom stereocenters. The first kappa shape index (κ1) is 29.5. The Morgan fingerprint density at radius 1 is 0.795 bits per heavy atom. The molecule has 4 heteroatoms. The molecule has 39 heavy (non-hydrogen) atoms. The van der Waals surface area contributed by atoms with Gasteiger partial charge in [-0.1, -0.05) is 75.7 Å². The highest BCUT2D eigenvalue weighted by Gasteiger charge is 2.36. The summed E-state index contributed by atoms with van der Waals surface area (Å²) in [6.07, 6.45) is 3.48. The lowest BCUT2D eigenvalue weighted by molar-refractivity contribution is 0.239. The van der Waals surface area contributed by atoms with Crippen molar-refractivity contribution in [2.45, 2.75) is 79.3 Å². The van der Waals surface area contributed by atoms with Gasteiger partial charge in [-0.25, -0.2) is 0 Å². The molecule has 1 aliphatic carbocycles. The first-order valence-electron chi connectivity index (χ1n) is 14.5. The Morgan fingerprint density at radius 3 is 1.74 bits per heavy atom. The van der Waals surface area contributed by atoms with Crippen molar-refractivity contribution in [2.24, 2.45) is 17.8 Å². The van der Waals surface area contributed by atoms with Gasteiger partial charge in [0.2, 0.25) is 0 Å². The van der Waals surface area contributed by atoms with Crippen molar-refractivity contribution < 1.29 is 14.0 Å². The number of aryl methyl sites for hydroxylation is 4. The maximum absolute atomic E-state index is 14.7. The maximum Gasteiger partial charge on any atom is 0.124 e. The third-order valence-electron chi connectivity index (χ3n) is 8.94. The van der Waals surface area contributed by atoms with Crippen molar-refractivity contribution >= 4 is 13.1 Å². The Kier molecular flexibility index (Phi) is 9.33. The molecule has 0 aliphatic heterocycles. The second-order valence-electron chi connectivity index (χ2n) is 12.2. The van der Waals surface area contributed by atoms with Crippen LogP contribution in [-0.2, 0) is 4.57 Å². The van der Waals surface area contributed by atoms with Crippen LogP contribution in [0.2, 0.25) is 0 Å². The fourth-order valence-corrected chi connectivity index (χ4v) is 9.90. The summed E-state index contributed by atoms with van der Waals surface area (Å²) < 4.78 is 26.1. The minimum absolute atomic E-state index is 0.0414. The topological polar surface area (TPSA) is 35.5 Å². The quantitative estimate of drug-likeness (QED) is 0.209. The standard InChI is InChI=1S/C35H47O3P/c1-21(2)29-15-14-22(3)16-32(29)39(36)31-13-11-10-12-30(31)33(27-17-23(4)34(37-8)24(5)18-27)28-19-25(6)35(38-9)26(7)20-28/h10-13,17-22,29,32-33,39H,14-16H2,1-9H3/t22-,29+,32-/m1/s1. The van der Waals surface area contributed by atoms with Crippen molar-refractivity contribution in [2.75, 3.05) is 14.2 Å². The van der Waals surface area contributed by atoms with Gasteiger partial charge in [-0.3, -0.25) is 0 Å². The Bertz CT molecular complexity index is 1240. The van der Waals surface area contributed by atoms with Crippen molar-refractivity contribution in [3.8, 4) is 11.5 Å². The van der Waals surface area contributed by atoms with Crippen molar-refractivity contribution in [3.63, 3.8) is 0 Å². The zero-order valence-corrected chi connectivity index (χ0v) is 26.4. The Morgan fingerprint density at radius 2 is 1.28 bits per heavy atom. The molecule has 1 unspecified atom stereocenters. The Labute approximate surface area is 237 Å². The van der Waals surface area contributed by atoms with Crippen LogP contribution in [0, 0.1) is 45.4 Å². The fourth-order valence-electron chi connectivity index (χ4n) is 7.17. The lowest BCUT2D eigenvalue weighted by atomic mass is 9.77. The minimum Gasteiger partial charge on any atom is -0.496 e. The normalized spacial score (nSPS) is 20.3. The molecule has 0 bridgehead atoms. The van der Waals surface area contributed by atoms with Crippen LogP contribution in [-0.4, -0.2) is 19.9 Å². The zero-order chi connectivity index (χ0) is 28.4. The van der Waals surface area contributed by atoms with Gasteiger partial charge in [0.25, 0.3) is 0 Å². The molecule has 0 heterocycles. The summed E-state index contributed by atoms with van der Waals surface area (Å²) in [5, 5.41) is 1.05. The fraction of sp³-hybridized carbons (Fsp3) is 0.486. The summed E-state index contributed by atoms with van der Waals surface area (Å²) in [5.74, 6) is 3.49. The molecule has 1 saturated carbocycles. The van der Waals surface area contributed by atoms with Gasteiger partial charge in [0.05, 0.1) is 14.2 Å². The van der Waals surface area contributed by atoms with Gasteiger partial charge in [0, 0.05) is 16.9 Å². The van der Waals surface area contributed by atoms with Crippen LogP contribution in [0.5, 0.6) is 11.5 Å². The number of hydrogen-bond donors (Lipinski definition) is 0. The summed E-state index contributed by atoms with van der Waals surface area (Å²) in [6.45, 7) is 15.4. The molecule has 0 radical (unpaired) electrons. The summed E-state index contributed by atoms with van der Waals surface area (Å²) >= 11 is 0. The van der Waals surface area contributed by atoms with Crippen LogP contribution in [0.25, 0.3) is 0 Å². The van der Waals surface area contributed by atoms with Crippen LogP contribution < -0.4 is 14.8 Å². The van der Waals surface area contributed by atoms with Gasteiger partial charge in [0.1, 0.15) is 19.3 Å². The molecule has 1 fully saturated rings. The minimum atomic E-state index is -2.05. The predicted octanol–water partition coefficient (Wildman–Crippen LogP) is 8.76. The van der Waals surface area contributed by atoms with E-state index in [2.05, 4.69) is 97.0 Å². The van der Waals surface area contributed by atoms with E-state index in [9.17, 15) is 4.57 Å². The van der Waals surface area contributed by atoms with Crippen LogP contribution >= 0.6 is 7.80 Å². The average molecular weight is 547 g/mol. The first-order chi connectivity index (χ1) is 18.6. The lowest BCUT2D eigenvalue weighted by Gasteiger charge is -2.37. The molecule has 3 aromatic carbocycles. The summed E-state index contributed by atoms with van der Waals surface area (Å²) in [5.41, 5.74) is 8.28. The van der Waals surface area contributed by atoms with E-state index in [1.54, 1.807) is 14.2 Å². The van der Waals surface area contributed by atoms with E-state index in [0.717, 1.165) is 51.0 Å². The molecule has 4 rings (SSSR count). The van der Waals surface area contributed by atoms with E-state index in [-0.39, 0.29) is 11.6 Å². The molecule has 0 saturated heterocycles. The van der Waals surface area contributed by atoms with E-state index < -0.39 is 7.80 Å². The molecular formula is C35H47O3P. The number of benzene rings is 3. The SMILES string of the molecule is COc1c(C)cc(C(c2cc(C)c(OC)c(C)c2)c2ccccc2[PH](=O)[C@@H]2C[C@H](C)CC[C@H]2C(C)C)cc1C. The van der Waals surface area contributed by atoms with E-state index >= 15 is 0 Å². The second kappa shape index (κ2) is 12.3. The van der Waals surface area contributed by atoms with Crippen LogP contribution in [0.15, 0.2) is 48.5 Å². The third kappa shape index (κ3) is 5.99. The van der Waals surface area contributed by atoms with Crippen LogP contribution in [0.1, 0.15) is 84.9 Å². The highest BCUT2D eigenvalue weighted by molar-refractivity contribution is 7.54. The number of ether oxygens (including phenoxy) is 2. The number of rotatable bonds is 8. The molecule has 1 aliphatic rings. The predicted molar refractivity (Wildman–Crippen MR) is 166 cm³/mol. The maximum atomic E-state index is 14.7. The van der Waals surface area contributed by atoms with E-state index in [1.807, 2.05) is 0 Å². The molecule has 0 amide bonds. The van der Waals surface area contributed by atoms with Crippen LogP contribution in [0.3, 0.4) is 0 Å². The number of methoxy groups -OCH3 is 2.